The minimum atomic E-state index is -0.998. The summed E-state index contributed by atoms with van der Waals surface area (Å²) in [7, 11) is 0. The SMILES string of the molecule is O=C(O)C[C@H]1CN(C(=O)c2ccc(Cl)cc2F)CCO1. The fraction of sp³-hybridized carbons (Fsp3) is 0.385. The van der Waals surface area contributed by atoms with E-state index in [4.69, 9.17) is 21.4 Å². The molecule has 5 nitrogen and oxygen atoms in total. The molecule has 108 valence electrons. The lowest BCUT2D eigenvalue weighted by Crippen LogP contribution is -2.46. The lowest BCUT2D eigenvalue weighted by molar-refractivity contribution is -0.141. The van der Waals surface area contributed by atoms with Crippen LogP contribution < -0.4 is 0 Å². The van der Waals surface area contributed by atoms with Crippen molar-refractivity contribution in [3.8, 4) is 0 Å². The van der Waals surface area contributed by atoms with Gasteiger partial charge in [0.25, 0.3) is 5.91 Å². The quantitative estimate of drug-likeness (QED) is 0.924. The molecule has 0 aromatic heterocycles. The number of amides is 1. The number of carboxylic acid groups (broad SMARTS) is 1. The van der Waals surface area contributed by atoms with Crippen LogP contribution in [0.25, 0.3) is 0 Å². The third-order valence-electron chi connectivity index (χ3n) is 2.99. The lowest BCUT2D eigenvalue weighted by Gasteiger charge is -2.32. The van der Waals surface area contributed by atoms with Crippen LogP contribution in [0, 0.1) is 5.82 Å². The number of aliphatic carboxylic acids is 1. The first-order chi connectivity index (χ1) is 9.47. The molecule has 1 atom stereocenters. The van der Waals surface area contributed by atoms with Crippen LogP contribution in [0.3, 0.4) is 0 Å². The Labute approximate surface area is 119 Å². The Morgan fingerprint density at radius 2 is 2.25 bits per heavy atom. The molecular weight excluding hydrogens is 289 g/mol. The highest BCUT2D eigenvalue weighted by molar-refractivity contribution is 6.30. The average molecular weight is 302 g/mol. The van der Waals surface area contributed by atoms with Crippen molar-refractivity contribution < 1.29 is 23.8 Å². The highest BCUT2D eigenvalue weighted by Crippen LogP contribution is 2.18. The molecule has 1 N–H and O–H groups in total. The number of hydrogen-bond donors (Lipinski definition) is 1. The van der Waals surface area contributed by atoms with E-state index < -0.39 is 23.8 Å². The van der Waals surface area contributed by atoms with E-state index in [0.29, 0.717) is 6.54 Å². The van der Waals surface area contributed by atoms with Crippen molar-refractivity contribution >= 4 is 23.5 Å². The smallest absolute Gasteiger partial charge is 0.306 e. The minimum Gasteiger partial charge on any atom is -0.481 e. The molecule has 0 radical (unpaired) electrons. The minimum absolute atomic E-state index is 0.0784. The Morgan fingerprint density at radius 1 is 1.50 bits per heavy atom. The number of carbonyl (C=O) groups excluding carboxylic acids is 1. The highest BCUT2D eigenvalue weighted by atomic mass is 35.5. The predicted molar refractivity (Wildman–Crippen MR) is 69.3 cm³/mol. The summed E-state index contributed by atoms with van der Waals surface area (Å²) in [6.07, 6.45) is -0.757. The van der Waals surface area contributed by atoms with Crippen molar-refractivity contribution in [2.45, 2.75) is 12.5 Å². The normalized spacial score (nSPS) is 18.9. The second-order valence-electron chi connectivity index (χ2n) is 4.47. The molecule has 0 unspecified atom stereocenters. The Hall–Kier alpha value is -1.66. The molecule has 1 aromatic rings. The van der Waals surface area contributed by atoms with Crippen LogP contribution in [-0.4, -0.2) is 47.7 Å². The summed E-state index contributed by atoms with van der Waals surface area (Å²) in [4.78, 5) is 24.2. The zero-order valence-electron chi connectivity index (χ0n) is 10.5. The number of morpholine rings is 1. The molecule has 0 bridgehead atoms. The molecule has 1 fully saturated rings. The number of carboxylic acids is 1. The third kappa shape index (κ3) is 3.46. The van der Waals surface area contributed by atoms with Crippen LogP contribution in [0.2, 0.25) is 5.02 Å². The van der Waals surface area contributed by atoms with Gasteiger partial charge in [-0.1, -0.05) is 11.6 Å². The Morgan fingerprint density at radius 3 is 2.90 bits per heavy atom. The van der Waals surface area contributed by atoms with Crippen LogP contribution in [0.1, 0.15) is 16.8 Å². The maximum Gasteiger partial charge on any atom is 0.306 e. The summed E-state index contributed by atoms with van der Waals surface area (Å²) in [6.45, 7) is 0.670. The number of benzene rings is 1. The lowest BCUT2D eigenvalue weighted by atomic mass is 10.1. The van der Waals surface area contributed by atoms with E-state index in [1.165, 1.54) is 17.0 Å². The van der Waals surface area contributed by atoms with Crippen LogP contribution in [0.4, 0.5) is 4.39 Å². The highest BCUT2D eigenvalue weighted by Gasteiger charge is 2.27. The summed E-state index contributed by atoms with van der Waals surface area (Å²) in [6, 6.07) is 3.83. The van der Waals surface area contributed by atoms with Crippen molar-refractivity contribution in [2.75, 3.05) is 19.7 Å². The first-order valence-electron chi connectivity index (χ1n) is 6.05. The number of hydrogen-bond acceptors (Lipinski definition) is 3. The van der Waals surface area contributed by atoms with Gasteiger partial charge >= 0.3 is 5.97 Å². The van der Waals surface area contributed by atoms with Crippen LogP contribution in [0.15, 0.2) is 18.2 Å². The summed E-state index contributed by atoms with van der Waals surface area (Å²) in [5.41, 5.74) is -0.0784. The fourth-order valence-electron chi connectivity index (χ4n) is 2.06. The average Bonchev–Trinajstić information content (AvgIpc) is 2.37. The van der Waals surface area contributed by atoms with Crippen molar-refractivity contribution in [2.24, 2.45) is 0 Å². The van der Waals surface area contributed by atoms with Gasteiger partial charge in [0.2, 0.25) is 0 Å². The summed E-state index contributed by atoms with van der Waals surface area (Å²) in [5, 5.41) is 8.94. The fourth-order valence-corrected chi connectivity index (χ4v) is 2.21. The maximum atomic E-state index is 13.7. The predicted octanol–water partition coefficient (Wildman–Crippen LogP) is 1.79. The van der Waals surface area contributed by atoms with E-state index in [1.54, 1.807) is 0 Å². The molecule has 1 saturated heterocycles. The third-order valence-corrected chi connectivity index (χ3v) is 3.22. The maximum absolute atomic E-state index is 13.7. The van der Waals surface area contributed by atoms with Gasteiger partial charge < -0.3 is 14.7 Å². The van der Waals surface area contributed by atoms with Gasteiger partial charge in [-0.15, -0.1) is 0 Å². The Kier molecular flexibility index (Phi) is 4.57. The molecule has 1 heterocycles. The molecule has 0 aliphatic carbocycles. The molecule has 0 spiro atoms. The molecule has 7 heteroatoms. The molecule has 1 amide bonds. The molecule has 1 aromatic carbocycles. The first-order valence-corrected chi connectivity index (χ1v) is 6.43. The summed E-state index contributed by atoms with van der Waals surface area (Å²) >= 11 is 5.64. The zero-order chi connectivity index (χ0) is 14.7. The first kappa shape index (κ1) is 14.7. The number of rotatable bonds is 3. The molecular formula is C13H13ClFNO4. The van der Waals surface area contributed by atoms with E-state index in [-0.39, 0.29) is 30.2 Å². The van der Waals surface area contributed by atoms with Gasteiger partial charge in [0.05, 0.1) is 24.7 Å². The standard InChI is InChI=1S/C13H13ClFNO4/c14-8-1-2-10(11(15)5-8)13(19)16-3-4-20-9(7-16)6-12(17)18/h1-2,5,9H,3-4,6-7H2,(H,17,18)/t9-/m0/s1. The van der Waals surface area contributed by atoms with Crippen molar-refractivity contribution in [3.05, 3.63) is 34.6 Å². The van der Waals surface area contributed by atoms with Crippen LogP contribution in [0.5, 0.6) is 0 Å². The molecule has 20 heavy (non-hydrogen) atoms. The van der Waals surface area contributed by atoms with Crippen molar-refractivity contribution in [1.82, 2.24) is 4.90 Å². The number of halogens is 2. The van der Waals surface area contributed by atoms with Crippen molar-refractivity contribution in [1.29, 1.82) is 0 Å². The van der Waals surface area contributed by atoms with E-state index in [9.17, 15) is 14.0 Å². The van der Waals surface area contributed by atoms with Gasteiger partial charge in [0.1, 0.15) is 5.82 Å². The molecule has 2 rings (SSSR count). The van der Waals surface area contributed by atoms with Crippen LogP contribution >= 0.6 is 11.6 Å². The number of carbonyl (C=O) groups is 2. The van der Waals surface area contributed by atoms with Gasteiger partial charge in [-0.3, -0.25) is 9.59 Å². The van der Waals surface area contributed by atoms with Gasteiger partial charge in [0.15, 0.2) is 0 Å². The van der Waals surface area contributed by atoms with E-state index >= 15 is 0 Å². The van der Waals surface area contributed by atoms with Crippen LogP contribution in [-0.2, 0) is 9.53 Å². The molecule has 1 aliphatic rings. The van der Waals surface area contributed by atoms with E-state index in [2.05, 4.69) is 0 Å². The Balaban J connectivity index is 2.10. The number of ether oxygens (including phenoxy) is 1. The van der Waals surface area contributed by atoms with E-state index in [1.807, 2.05) is 0 Å². The molecule has 1 aliphatic heterocycles. The number of nitrogens with zero attached hydrogens (tertiary/aromatic N) is 1. The molecule has 0 saturated carbocycles. The topological polar surface area (TPSA) is 66.8 Å². The zero-order valence-corrected chi connectivity index (χ0v) is 11.3. The summed E-state index contributed by atoms with van der Waals surface area (Å²) < 4.78 is 19.0. The monoisotopic (exact) mass is 301 g/mol. The van der Waals surface area contributed by atoms with Gasteiger partial charge in [-0.05, 0) is 18.2 Å². The second kappa shape index (κ2) is 6.19. The van der Waals surface area contributed by atoms with E-state index in [0.717, 1.165) is 6.07 Å². The van der Waals surface area contributed by atoms with Gasteiger partial charge in [-0.2, -0.15) is 0 Å². The Bertz CT molecular complexity index is 537. The van der Waals surface area contributed by atoms with Gasteiger partial charge in [-0.25, -0.2) is 4.39 Å². The second-order valence-corrected chi connectivity index (χ2v) is 4.90. The largest absolute Gasteiger partial charge is 0.481 e. The van der Waals surface area contributed by atoms with Crippen molar-refractivity contribution in [3.63, 3.8) is 0 Å². The van der Waals surface area contributed by atoms with Gasteiger partial charge in [0, 0.05) is 18.1 Å². The summed E-state index contributed by atoms with van der Waals surface area (Å²) in [5.74, 6) is -2.18.